The summed E-state index contributed by atoms with van der Waals surface area (Å²) in [7, 11) is 0. The van der Waals surface area contributed by atoms with E-state index in [9.17, 15) is 4.79 Å². The van der Waals surface area contributed by atoms with E-state index in [1.807, 2.05) is 30.3 Å². The molecule has 0 radical (unpaired) electrons. The van der Waals surface area contributed by atoms with Crippen LogP contribution < -0.4 is 5.73 Å². The zero-order valence-corrected chi connectivity index (χ0v) is 11.5. The average molecular weight is 282 g/mol. The lowest BCUT2D eigenvalue weighted by Gasteiger charge is -2.02. The molecule has 5 nitrogen and oxygen atoms in total. The standard InChI is InChI=1S/C16H14N2O3/c1-2-20-16(19)12-8-11(17)9-13-14(12)21-15(18-13)10-6-4-3-5-7-10/h3-9H,2,17H2,1H3. The quantitative estimate of drug-likeness (QED) is 0.589. The molecule has 21 heavy (non-hydrogen) atoms. The molecule has 3 aromatic rings. The van der Waals surface area contributed by atoms with Crippen LogP contribution in [0.25, 0.3) is 22.6 Å². The van der Waals surface area contributed by atoms with Gasteiger partial charge in [-0.05, 0) is 31.2 Å². The number of carbonyl (C=O) groups excluding carboxylic acids is 1. The summed E-state index contributed by atoms with van der Waals surface area (Å²) in [4.78, 5) is 16.4. The topological polar surface area (TPSA) is 78.4 Å². The molecular weight excluding hydrogens is 268 g/mol. The number of anilines is 1. The van der Waals surface area contributed by atoms with E-state index < -0.39 is 5.97 Å². The molecule has 0 spiro atoms. The third-order valence-electron chi connectivity index (χ3n) is 3.03. The van der Waals surface area contributed by atoms with Gasteiger partial charge in [-0.3, -0.25) is 0 Å². The van der Waals surface area contributed by atoms with Crippen LogP contribution >= 0.6 is 0 Å². The molecule has 0 unspecified atom stereocenters. The predicted molar refractivity (Wildman–Crippen MR) is 79.8 cm³/mol. The van der Waals surface area contributed by atoms with Gasteiger partial charge in [-0.15, -0.1) is 0 Å². The van der Waals surface area contributed by atoms with Gasteiger partial charge < -0.3 is 14.9 Å². The molecule has 2 N–H and O–H groups in total. The minimum atomic E-state index is -0.467. The van der Waals surface area contributed by atoms with Gasteiger partial charge in [0, 0.05) is 11.3 Å². The Hall–Kier alpha value is -2.82. The van der Waals surface area contributed by atoms with Gasteiger partial charge in [-0.25, -0.2) is 9.78 Å². The lowest BCUT2D eigenvalue weighted by atomic mass is 10.2. The highest BCUT2D eigenvalue weighted by Crippen LogP contribution is 2.28. The number of nitrogen functional groups attached to an aromatic ring is 1. The fraction of sp³-hybridized carbons (Fsp3) is 0.125. The van der Waals surface area contributed by atoms with E-state index in [0.29, 0.717) is 28.2 Å². The van der Waals surface area contributed by atoms with E-state index in [-0.39, 0.29) is 6.61 Å². The fourth-order valence-corrected chi connectivity index (χ4v) is 2.12. The highest BCUT2D eigenvalue weighted by molar-refractivity contribution is 6.03. The lowest BCUT2D eigenvalue weighted by Crippen LogP contribution is -2.05. The number of rotatable bonds is 3. The molecule has 106 valence electrons. The number of aromatic nitrogens is 1. The molecule has 3 rings (SSSR count). The fourth-order valence-electron chi connectivity index (χ4n) is 2.12. The minimum Gasteiger partial charge on any atom is -0.462 e. The number of hydrogen-bond acceptors (Lipinski definition) is 5. The number of benzene rings is 2. The summed E-state index contributed by atoms with van der Waals surface area (Å²) in [6, 6.07) is 12.7. The lowest BCUT2D eigenvalue weighted by molar-refractivity contribution is 0.0527. The van der Waals surface area contributed by atoms with Crippen LogP contribution in [0.3, 0.4) is 0 Å². The van der Waals surface area contributed by atoms with Crippen LogP contribution in [0.4, 0.5) is 5.69 Å². The second-order valence-corrected chi connectivity index (χ2v) is 4.52. The van der Waals surface area contributed by atoms with Crippen LogP contribution in [0.2, 0.25) is 0 Å². The van der Waals surface area contributed by atoms with Gasteiger partial charge in [0.2, 0.25) is 5.89 Å². The Kier molecular flexibility index (Phi) is 3.31. The van der Waals surface area contributed by atoms with Gasteiger partial charge >= 0.3 is 5.97 Å². The van der Waals surface area contributed by atoms with E-state index in [4.69, 9.17) is 14.9 Å². The van der Waals surface area contributed by atoms with Gasteiger partial charge in [0.05, 0.1) is 6.61 Å². The number of nitrogens with zero attached hydrogens (tertiary/aromatic N) is 1. The number of ether oxygens (including phenoxy) is 1. The normalized spacial score (nSPS) is 10.7. The van der Waals surface area contributed by atoms with Crippen molar-refractivity contribution >= 4 is 22.8 Å². The largest absolute Gasteiger partial charge is 0.462 e. The number of hydrogen-bond donors (Lipinski definition) is 1. The summed E-state index contributed by atoms with van der Waals surface area (Å²) >= 11 is 0. The summed E-state index contributed by atoms with van der Waals surface area (Å²) < 4.78 is 10.8. The van der Waals surface area contributed by atoms with Gasteiger partial charge in [0.25, 0.3) is 0 Å². The Labute approximate surface area is 121 Å². The van der Waals surface area contributed by atoms with Crippen molar-refractivity contribution in [3.63, 3.8) is 0 Å². The third-order valence-corrected chi connectivity index (χ3v) is 3.03. The SMILES string of the molecule is CCOC(=O)c1cc(N)cc2nc(-c3ccccc3)oc12. The highest BCUT2D eigenvalue weighted by Gasteiger charge is 2.18. The van der Waals surface area contributed by atoms with E-state index in [1.54, 1.807) is 19.1 Å². The van der Waals surface area contributed by atoms with Gasteiger partial charge in [0.15, 0.2) is 5.58 Å². The zero-order valence-electron chi connectivity index (χ0n) is 11.5. The van der Waals surface area contributed by atoms with E-state index in [2.05, 4.69) is 4.98 Å². The van der Waals surface area contributed by atoms with Gasteiger partial charge in [0.1, 0.15) is 11.1 Å². The van der Waals surface area contributed by atoms with Crippen LogP contribution in [0, 0.1) is 0 Å². The first-order valence-electron chi connectivity index (χ1n) is 6.61. The molecular formula is C16H14N2O3. The van der Waals surface area contributed by atoms with Gasteiger partial charge in [-0.1, -0.05) is 18.2 Å². The minimum absolute atomic E-state index is 0.287. The monoisotopic (exact) mass is 282 g/mol. The number of oxazole rings is 1. The average Bonchev–Trinajstić information content (AvgIpc) is 2.91. The second-order valence-electron chi connectivity index (χ2n) is 4.52. The van der Waals surface area contributed by atoms with Crippen molar-refractivity contribution in [1.29, 1.82) is 0 Å². The van der Waals surface area contributed by atoms with Crippen molar-refractivity contribution in [2.75, 3.05) is 12.3 Å². The number of nitrogens with two attached hydrogens (primary N) is 1. The summed E-state index contributed by atoms with van der Waals surface area (Å²) in [6.07, 6.45) is 0. The molecule has 0 atom stereocenters. The van der Waals surface area contributed by atoms with Crippen molar-refractivity contribution in [2.45, 2.75) is 6.92 Å². The van der Waals surface area contributed by atoms with Crippen molar-refractivity contribution < 1.29 is 13.9 Å². The van der Waals surface area contributed by atoms with E-state index in [1.165, 1.54) is 0 Å². The van der Waals surface area contributed by atoms with Crippen LogP contribution in [0.15, 0.2) is 46.9 Å². The first kappa shape index (κ1) is 13.2. The first-order chi connectivity index (χ1) is 10.2. The van der Waals surface area contributed by atoms with Gasteiger partial charge in [-0.2, -0.15) is 0 Å². The van der Waals surface area contributed by atoms with Crippen LogP contribution in [-0.4, -0.2) is 17.6 Å². The molecule has 0 bridgehead atoms. The van der Waals surface area contributed by atoms with E-state index >= 15 is 0 Å². The molecule has 0 aliphatic carbocycles. The van der Waals surface area contributed by atoms with E-state index in [0.717, 1.165) is 5.56 Å². The first-order valence-corrected chi connectivity index (χ1v) is 6.61. The molecule has 0 fully saturated rings. The summed E-state index contributed by atoms with van der Waals surface area (Å²) in [5.41, 5.74) is 8.32. The summed E-state index contributed by atoms with van der Waals surface area (Å²) in [6.45, 7) is 2.03. The molecule has 0 saturated carbocycles. The van der Waals surface area contributed by atoms with Crippen molar-refractivity contribution in [3.8, 4) is 11.5 Å². The van der Waals surface area contributed by atoms with Crippen LogP contribution in [-0.2, 0) is 4.74 Å². The second kappa shape index (κ2) is 5.28. The number of carbonyl (C=O) groups is 1. The Morgan fingerprint density at radius 1 is 1.29 bits per heavy atom. The Bertz CT molecular complexity index is 794. The molecule has 1 heterocycles. The third kappa shape index (κ3) is 2.45. The Morgan fingerprint density at radius 3 is 2.76 bits per heavy atom. The molecule has 0 aliphatic rings. The Morgan fingerprint density at radius 2 is 2.05 bits per heavy atom. The molecule has 0 aliphatic heterocycles. The van der Waals surface area contributed by atoms with Crippen LogP contribution in [0.1, 0.15) is 17.3 Å². The maximum absolute atomic E-state index is 12.0. The zero-order chi connectivity index (χ0) is 14.8. The predicted octanol–water partition coefficient (Wildman–Crippen LogP) is 3.25. The smallest absolute Gasteiger partial charge is 0.342 e. The molecule has 2 aromatic carbocycles. The van der Waals surface area contributed by atoms with Crippen molar-refractivity contribution in [1.82, 2.24) is 4.98 Å². The molecule has 5 heteroatoms. The van der Waals surface area contributed by atoms with Crippen molar-refractivity contribution in [2.24, 2.45) is 0 Å². The molecule has 0 amide bonds. The highest BCUT2D eigenvalue weighted by atomic mass is 16.5. The maximum Gasteiger partial charge on any atom is 0.342 e. The number of fused-ring (bicyclic) bond motifs is 1. The molecule has 1 aromatic heterocycles. The number of esters is 1. The van der Waals surface area contributed by atoms with Crippen molar-refractivity contribution in [3.05, 3.63) is 48.0 Å². The Balaban J connectivity index is 2.17. The molecule has 0 saturated heterocycles. The van der Waals surface area contributed by atoms with Crippen LogP contribution in [0.5, 0.6) is 0 Å². The summed E-state index contributed by atoms with van der Waals surface area (Å²) in [5, 5.41) is 0. The maximum atomic E-state index is 12.0. The summed E-state index contributed by atoms with van der Waals surface area (Å²) in [5.74, 6) is -0.0210.